The van der Waals surface area contributed by atoms with Gasteiger partial charge in [-0.1, -0.05) is 53.5 Å². The van der Waals surface area contributed by atoms with Crippen molar-refractivity contribution >= 4 is 52.4 Å². The lowest BCUT2D eigenvalue weighted by molar-refractivity contribution is -0.139. The van der Waals surface area contributed by atoms with Gasteiger partial charge in [-0.05, 0) is 61.4 Å². The Bertz CT molecular complexity index is 1470. The van der Waals surface area contributed by atoms with Gasteiger partial charge < -0.3 is 10.2 Å². The number of fused-ring (bicyclic) bond motifs is 1. The second-order valence-corrected chi connectivity index (χ2v) is 11.0. The third kappa shape index (κ3) is 5.19. The predicted octanol–water partition coefficient (Wildman–Crippen LogP) is 3.72. The summed E-state index contributed by atoms with van der Waals surface area (Å²) in [4.78, 5) is 47.4. The van der Waals surface area contributed by atoms with Crippen LogP contribution in [-0.2, 0) is 19.2 Å². The van der Waals surface area contributed by atoms with Gasteiger partial charge in [-0.3, -0.25) is 19.9 Å². The van der Waals surface area contributed by atoms with Gasteiger partial charge in [0, 0.05) is 13.1 Å². The third-order valence-corrected chi connectivity index (χ3v) is 8.21. The number of carbonyl (C=O) groups excluding carboxylic acids is 3. The highest BCUT2D eigenvalue weighted by atomic mass is 35.5. The summed E-state index contributed by atoms with van der Waals surface area (Å²) in [5, 5.41) is 3.93. The Kier molecular flexibility index (Phi) is 8.06. The van der Waals surface area contributed by atoms with Crippen molar-refractivity contribution < 1.29 is 29.4 Å². The van der Waals surface area contributed by atoms with E-state index < -0.39 is 29.9 Å². The van der Waals surface area contributed by atoms with E-state index in [1.807, 2.05) is 44.3 Å². The van der Waals surface area contributed by atoms with Crippen molar-refractivity contribution in [3.63, 3.8) is 0 Å². The minimum absolute atomic E-state index is 0. The molecule has 3 aliphatic rings. The molecule has 0 bridgehead atoms. The van der Waals surface area contributed by atoms with Gasteiger partial charge in [0.05, 0.1) is 27.5 Å². The summed E-state index contributed by atoms with van der Waals surface area (Å²) in [6.07, 6.45) is -0.384. The zero-order chi connectivity index (χ0) is 28.1. The van der Waals surface area contributed by atoms with Gasteiger partial charge in [-0.2, -0.15) is 0 Å². The molecule has 0 saturated carbocycles. The van der Waals surface area contributed by atoms with E-state index in [9.17, 15) is 14.4 Å². The maximum absolute atomic E-state index is 13.8. The molecule has 3 saturated heterocycles. The Hall–Kier alpha value is -3.51. The molecule has 3 fully saturated rings. The van der Waals surface area contributed by atoms with Crippen LogP contribution in [0.5, 0.6) is 5.75 Å². The average Bonchev–Trinajstić information content (AvgIpc) is 3.58. The lowest BCUT2D eigenvalue weighted by Gasteiger charge is -2.29. The summed E-state index contributed by atoms with van der Waals surface area (Å²) in [7, 11) is 1.81. The highest BCUT2D eigenvalue weighted by Crippen LogP contribution is 2.48. The number of benzene rings is 3. The molecular weight excluding hydrogens is 571 g/mol. The van der Waals surface area contributed by atoms with Gasteiger partial charge in [0.2, 0.25) is 5.91 Å². The van der Waals surface area contributed by atoms with E-state index in [0.29, 0.717) is 28.6 Å². The molecule has 5 atom stereocenters. The summed E-state index contributed by atoms with van der Waals surface area (Å²) in [6, 6.07) is 20.0. The van der Waals surface area contributed by atoms with E-state index in [-0.39, 0.29) is 28.6 Å². The number of rotatable bonds is 5. The minimum Gasteiger partial charge on any atom is -0.425 e. The van der Waals surface area contributed by atoms with Crippen molar-refractivity contribution in [2.24, 2.45) is 5.92 Å². The van der Waals surface area contributed by atoms with Crippen LogP contribution >= 0.6 is 23.2 Å². The molecule has 0 aliphatic carbocycles. The van der Waals surface area contributed by atoms with Crippen LogP contribution in [0.25, 0.3) is 0 Å². The maximum Gasteiger partial charge on any atom is 0.330 e. The zero-order valence-corrected chi connectivity index (χ0v) is 23.7. The molecule has 3 aromatic carbocycles. The number of ether oxygens (including phenoxy) is 1. The number of likely N-dealkylation sites (N-methyl/N-ethyl adjacent to an activating group) is 1. The number of carbonyl (C=O) groups is 3. The molecule has 214 valence electrons. The van der Waals surface area contributed by atoms with Crippen LogP contribution in [0.1, 0.15) is 24.9 Å². The van der Waals surface area contributed by atoms with Crippen molar-refractivity contribution in [3.8, 4) is 5.75 Å². The van der Waals surface area contributed by atoms with Gasteiger partial charge in [0.1, 0.15) is 17.7 Å². The van der Waals surface area contributed by atoms with Crippen LogP contribution < -0.4 is 20.1 Å². The monoisotopic (exact) mass is 598 g/mol. The van der Waals surface area contributed by atoms with Crippen LogP contribution in [0.4, 0.5) is 11.4 Å². The van der Waals surface area contributed by atoms with Gasteiger partial charge >= 0.3 is 5.97 Å². The molecule has 3 aliphatic heterocycles. The number of amides is 2. The van der Waals surface area contributed by atoms with Crippen LogP contribution in [0, 0.1) is 5.92 Å². The minimum atomic E-state index is -1.03. The molecule has 12 heteroatoms. The van der Waals surface area contributed by atoms with Gasteiger partial charge in [-0.25, -0.2) is 19.8 Å². The van der Waals surface area contributed by atoms with Crippen LogP contribution in [0.3, 0.4) is 0 Å². The molecule has 6 rings (SSSR count). The summed E-state index contributed by atoms with van der Waals surface area (Å²) >= 11 is 12.2. The summed E-state index contributed by atoms with van der Waals surface area (Å²) in [6.45, 7) is 2.01. The number of hydrogen-bond acceptors (Lipinski definition) is 8. The second-order valence-electron chi connectivity index (χ2n) is 10.2. The highest BCUT2D eigenvalue weighted by Gasteiger charge is 2.60. The molecule has 3 aromatic rings. The lowest BCUT2D eigenvalue weighted by atomic mass is 9.90. The van der Waals surface area contributed by atoms with E-state index in [2.05, 4.69) is 5.43 Å². The first-order valence-corrected chi connectivity index (χ1v) is 13.6. The number of para-hydroxylation sites is 1. The first kappa shape index (κ1) is 29.0. The Morgan fingerprint density at radius 3 is 2.29 bits per heavy atom. The molecular formula is C29H28Cl2N4O6. The number of esters is 1. The number of hydrogen-bond donors (Lipinski definition) is 1. The molecule has 3 heterocycles. The normalized spacial score (nSPS) is 25.8. The SMILES string of the molecule is CC1CC(C(=O)Oc2ccc(C3C4C(=O)N(c5ccc(Cl)c(Cl)c5)C(=O)C4ON3c3ccccc3)cc2)N(C)N1.O. The van der Waals surface area contributed by atoms with Crippen LogP contribution in [0.2, 0.25) is 10.0 Å². The molecule has 3 N–H and O–H groups in total. The lowest BCUT2D eigenvalue weighted by Crippen LogP contribution is -2.41. The molecule has 0 radical (unpaired) electrons. The quantitative estimate of drug-likeness (QED) is 0.268. The smallest absolute Gasteiger partial charge is 0.330 e. The fraction of sp³-hybridized carbons (Fsp3) is 0.276. The number of nitrogens with one attached hydrogen (secondary N) is 1. The van der Waals surface area contributed by atoms with Crippen molar-refractivity contribution in [1.29, 1.82) is 0 Å². The van der Waals surface area contributed by atoms with E-state index in [1.54, 1.807) is 46.5 Å². The first-order chi connectivity index (χ1) is 19.2. The summed E-state index contributed by atoms with van der Waals surface area (Å²) < 4.78 is 5.65. The fourth-order valence-corrected chi connectivity index (χ4v) is 5.88. The van der Waals surface area contributed by atoms with E-state index in [0.717, 1.165) is 10.5 Å². The van der Waals surface area contributed by atoms with Crippen LogP contribution in [-0.4, -0.2) is 53.5 Å². The number of hydrazine groups is 1. The average molecular weight is 599 g/mol. The second kappa shape index (κ2) is 11.4. The zero-order valence-electron chi connectivity index (χ0n) is 22.2. The summed E-state index contributed by atoms with van der Waals surface area (Å²) in [5.41, 5.74) is 4.94. The number of nitrogens with zero attached hydrogens (tertiary/aromatic N) is 3. The number of anilines is 2. The number of hydroxylamine groups is 1. The van der Waals surface area contributed by atoms with Crippen molar-refractivity contribution in [1.82, 2.24) is 10.4 Å². The summed E-state index contributed by atoms with van der Waals surface area (Å²) in [5.74, 6) is -1.68. The standard InChI is InChI=1S/C29H26Cl2N4O5.H2O/c1-16-14-23(33(2)32-16)29(38)39-20-11-8-17(9-12-20)25-24-26(40-35(25)18-6-4-3-5-7-18)28(37)34(27(24)36)19-10-13-21(30)22(31)15-19;/h3-13,15-16,23-26,32H,14H2,1-2H3;1H2. The Morgan fingerprint density at radius 1 is 0.951 bits per heavy atom. The highest BCUT2D eigenvalue weighted by molar-refractivity contribution is 6.42. The largest absolute Gasteiger partial charge is 0.425 e. The van der Waals surface area contributed by atoms with Crippen molar-refractivity contribution in [3.05, 3.63) is 88.4 Å². The molecule has 0 spiro atoms. The van der Waals surface area contributed by atoms with Crippen LogP contribution in [0.15, 0.2) is 72.8 Å². The fourth-order valence-electron chi connectivity index (χ4n) is 5.59. The molecule has 5 unspecified atom stereocenters. The molecule has 10 nitrogen and oxygen atoms in total. The number of imide groups is 1. The van der Waals surface area contributed by atoms with Crippen molar-refractivity contribution in [2.75, 3.05) is 17.0 Å². The van der Waals surface area contributed by atoms with E-state index >= 15 is 0 Å². The molecule has 41 heavy (non-hydrogen) atoms. The topological polar surface area (TPSA) is 123 Å². The molecule has 2 amide bonds. The molecule has 0 aromatic heterocycles. The van der Waals surface area contributed by atoms with Gasteiger partial charge in [0.25, 0.3) is 5.91 Å². The van der Waals surface area contributed by atoms with Gasteiger partial charge in [-0.15, -0.1) is 0 Å². The Balaban J connectivity index is 0.00000337. The number of halogens is 2. The van der Waals surface area contributed by atoms with E-state index in [1.165, 1.54) is 6.07 Å². The maximum atomic E-state index is 13.8. The van der Waals surface area contributed by atoms with Crippen molar-refractivity contribution in [2.45, 2.75) is 37.6 Å². The Morgan fingerprint density at radius 2 is 1.66 bits per heavy atom. The Labute approximate surface area is 246 Å². The van der Waals surface area contributed by atoms with Gasteiger partial charge in [0.15, 0.2) is 6.10 Å². The first-order valence-electron chi connectivity index (χ1n) is 12.9. The third-order valence-electron chi connectivity index (χ3n) is 7.47. The predicted molar refractivity (Wildman–Crippen MR) is 153 cm³/mol. The van der Waals surface area contributed by atoms with E-state index in [4.69, 9.17) is 32.8 Å².